The first-order chi connectivity index (χ1) is 7.45. The molecule has 0 aromatic heterocycles. The van der Waals surface area contributed by atoms with Gasteiger partial charge in [0, 0.05) is 11.3 Å². The first kappa shape index (κ1) is 12.1. The predicted octanol–water partition coefficient (Wildman–Crippen LogP) is 4.21. The fourth-order valence-electron chi connectivity index (χ4n) is 4.22. The normalized spacial score (nSPS) is 40.6. The van der Waals surface area contributed by atoms with Crippen molar-refractivity contribution in [3.05, 3.63) is 0 Å². The lowest BCUT2D eigenvalue weighted by molar-refractivity contribution is -0.131. The molecule has 3 atom stereocenters. The highest BCUT2D eigenvalue weighted by Gasteiger charge is 2.65. The number of hydrogen-bond donors (Lipinski definition) is 0. The minimum atomic E-state index is -0.00541. The number of rotatable bonds is 4. The molecule has 0 aromatic carbocycles. The Kier molecular flexibility index (Phi) is 2.92. The van der Waals surface area contributed by atoms with E-state index in [1.165, 1.54) is 25.7 Å². The maximum atomic E-state index is 12.5. The summed E-state index contributed by atoms with van der Waals surface area (Å²) in [6.45, 7) is 9.09. The molecule has 2 aliphatic carbocycles. The van der Waals surface area contributed by atoms with E-state index in [9.17, 15) is 4.79 Å². The molecule has 0 radical (unpaired) electrons. The number of fused-ring (bicyclic) bond motifs is 2. The minimum Gasteiger partial charge on any atom is -0.299 e. The second-order valence-electron chi connectivity index (χ2n) is 6.67. The van der Waals surface area contributed by atoms with Crippen LogP contribution in [-0.4, -0.2) is 5.78 Å². The lowest BCUT2D eigenvalue weighted by atomic mass is 9.70. The predicted molar refractivity (Wildman–Crippen MR) is 67.3 cm³/mol. The molecule has 2 rings (SSSR count). The van der Waals surface area contributed by atoms with Gasteiger partial charge in [-0.25, -0.2) is 0 Å². The lowest BCUT2D eigenvalue weighted by Gasteiger charge is -2.32. The molecule has 0 N–H and O–H groups in total. The fourth-order valence-corrected chi connectivity index (χ4v) is 4.22. The van der Waals surface area contributed by atoms with Gasteiger partial charge in [0.2, 0.25) is 0 Å². The number of Topliss-reactive ketones (excluding diaryl/α,β-unsaturated/α-hetero) is 1. The van der Waals surface area contributed by atoms with Crippen molar-refractivity contribution in [3.8, 4) is 0 Å². The second kappa shape index (κ2) is 3.85. The van der Waals surface area contributed by atoms with E-state index in [4.69, 9.17) is 0 Å². The Morgan fingerprint density at radius 3 is 2.44 bits per heavy atom. The Labute approximate surface area is 100.0 Å². The van der Waals surface area contributed by atoms with Crippen molar-refractivity contribution in [1.82, 2.24) is 0 Å². The summed E-state index contributed by atoms with van der Waals surface area (Å²) in [5.41, 5.74) is 0.246. The van der Waals surface area contributed by atoms with Crippen LogP contribution >= 0.6 is 0 Å². The lowest BCUT2D eigenvalue weighted by Crippen LogP contribution is -2.33. The minimum absolute atomic E-state index is 0.00541. The Morgan fingerprint density at radius 1 is 1.25 bits per heavy atom. The molecular formula is C15H26O. The number of ketones is 1. The summed E-state index contributed by atoms with van der Waals surface area (Å²) in [7, 11) is 0. The van der Waals surface area contributed by atoms with Gasteiger partial charge in [-0.15, -0.1) is 0 Å². The molecule has 0 heterocycles. The van der Waals surface area contributed by atoms with Crippen LogP contribution in [0.3, 0.4) is 0 Å². The topological polar surface area (TPSA) is 17.1 Å². The number of carbonyl (C=O) groups is 1. The van der Waals surface area contributed by atoms with E-state index in [1.54, 1.807) is 0 Å². The average Bonchev–Trinajstić information content (AvgIpc) is 2.53. The van der Waals surface area contributed by atoms with Gasteiger partial charge >= 0.3 is 0 Å². The molecule has 0 aliphatic heterocycles. The van der Waals surface area contributed by atoms with E-state index in [1.807, 2.05) is 0 Å². The van der Waals surface area contributed by atoms with Gasteiger partial charge in [-0.05, 0) is 30.6 Å². The van der Waals surface area contributed by atoms with Crippen LogP contribution in [0.2, 0.25) is 0 Å². The molecule has 0 spiro atoms. The molecule has 0 aromatic rings. The molecule has 0 saturated heterocycles. The van der Waals surface area contributed by atoms with Crippen LogP contribution in [-0.2, 0) is 4.79 Å². The summed E-state index contributed by atoms with van der Waals surface area (Å²) >= 11 is 0. The van der Waals surface area contributed by atoms with Gasteiger partial charge in [0.25, 0.3) is 0 Å². The highest BCUT2D eigenvalue weighted by Crippen LogP contribution is 2.66. The molecule has 2 bridgehead atoms. The molecule has 16 heavy (non-hydrogen) atoms. The first-order valence-corrected chi connectivity index (χ1v) is 6.99. The van der Waals surface area contributed by atoms with Gasteiger partial charge in [-0.2, -0.15) is 0 Å². The summed E-state index contributed by atoms with van der Waals surface area (Å²) in [5, 5.41) is 0. The van der Waals surface area contributed by atoms with Gasteiger partial charge < -0.3 is 0 Å². The Morgan fingerprint density at radius 2 is 1.94 bits per heavy atom. The van der Waals surface area contributed by atoms with E-state index < -0.39 is 0 Å². The number of unbranched alkanes of at least 4 members (excludes halogenated alkanes) is 2. The molecule has 1 heteroatoms. The van der Waals surface area contributed by atoms with Crippen LogP contribution in [0.4, 0.5) is 0 Å². The number of carbonyl (C=O) groups excluding carboxylic acids is 1. The first-order valence-electron chi connectivity index (χ1n) is 6.99. The smallest absolute Gasteiger partial charge is 0.142 e. The average molecular weight is 222 g/mol. The van der Waals surface area contributed by atoms with Gasteiger partial charge in [0.05, 0.1) is 0 Å². The van der Waals surface area contributed by atoms with Crippen LogP contribution in [0, 0.1) is 22.7 Å². The summed E-state index contributed by atoms with van der Waals surface area (Å²) in [4.78, 5) is 12.5. The second-order valence-corrected chi connectivity index (χ2v) is 6.67. The van der Waals surface area contributed by atoms with Gasteiger partial charge in [0.1, 0.15) is 5.78 Å². The largest absolute Gasteiger partial charge is 0.299 e. The quantitative estimate of drug-likeness (QED) is 0.651. The maximum absolute atomic E-state index is 12.5. The third-order valence-electron chi connectivity index (χ3n) is 5.79. The highest BCUT2D eigenvalue weighted by atomic mass is 16.1. The maximum Gasteiger partial charge on any atom is 0.142 e. The van der Waals surface area contributed by atoms with Crippen LogP contribution in [0.1, 0.15) is 66.2 Å². The summed E-state index contributed by atoms with van der Waals surface area (Å²) < 4.78 is 0. The van der Waals surface area contributed by atoms with Gasteiger partial charge in [-0.3, -0.25) is 4.79 Å². The SMILES string of the molecule is CCCCCC1C(=O)C2(C)CCC1C2(C)C. The molecule has 0 amide bonds. The molecule has 2 saturated carbocycles. The van der Waals surface area contributed by atoms with Crippen molar-refractivity contribution in [2.45, 2.75) is 66.2 Å². The Hall–Kier alpha value is -0.330. The fraction of sp³-hybridized carbons (Fsp3) is 0.933. The van der Waals surface area contributed by atoms with E-state index in [-0.39, 0.29) is 10.8 Å². The molecular weight excluding hydrogens is 196 g/mol. The summed E-state index contributed by atoms with van der Waals surface area (Å²) in [5.74, 6) is 1.65. The monoisotopic (exact) mass is 222 g/mol. The van der Waals surface area contributed by atoms with Gasteiger partial charge in [0.15, 0.2) is 0 Å². The van der Waals surface area contributed by atoms with E-state index in [2.05, 4.69) is 27.7 Å². The van der Waals surface area contributed by atoms with Crippen molar-refractivity contribution >= 4 is 5.78 Å². The zero-order valence-corrected chi connectivity index (χ0v) is 11.3. The Bertz CT molecular complexity index is 292. The molecule has 1 nitrogen and oxygen atoms in total. The van der Waals surface area contributed by atoms with Crippen LogP contribution < -0.4 is 0 Å². The summed E-state index contributed by atoms with van der Waals surface area (Å²) in [6, 6.07) is 0. The van der Waals surface area contributed by atoms with Crippen LogP contribution in [0.5, 0.6) is 0 Å². The van der Waals surface area contributed by atoms with Crippen molar-refractivity contribution in [2.24, 2.45) is 22.7 Å². The highest BCUT2D eigenvalue weighted by molar-refractivity contribution is 5.91. The summed E-state index contributed by atoms with van der Waals surface area (Å²) in [6.07, 6.45) is 7.35. The zero-order chi connectivity index (χ0) is 12.0. The van der Waals surface area contributed by atoms with E-state index in [0.717, 1.165) is 12.8 Å². The van der Waals surface area contributed by atoms with E-state index >= 15 is 0 Å². The molecule has 3 unspecified atom stereocenters. The Balaban J connectivity index is 2.11. The van der Waals surface area contributed by atoms with Crippen molar-refractivity contribution in [3.63, 3.8) is 0 Å². The molecule has 2 fully saturated rings. The van der Waals surface area contributed by atoms with Crippen molar-refractivity contribution in [2.75, 3.05) is 0 Å². The number of hydrogen-bond acceptors (Lipinski definition) is 1. The third kappa shape index (κ3) is 1.39. The third-order valence-corrected chi connectivity index (χ3v) is 5.79. The van der Waals surface area contributed by atoms with E-state index in [0.29, 0.717) is 17.6 Å². The van der Waals surface area contributed by atoms with Gasteiger partial charge in [-0.1, -0.05) is 47.0 Å². The zero-order valence-electron chi connectivity index (χ0n) is 11.3. The molecule has 2 aliphatic rings. The van der Waals surface area contributed by atoms with Crippen LogP contribution in [0.25, 0.3) is 0 Å². The van der Waals surface area contributed by atoms with Crippen LogP contribution in [0.15, 0.2) is 0 Å². The molecule has 92 valence electrons. The van der Waals surface area contributed by atoms with Crippen molar-refractivity contribution in [1.29, 1.82) is 0 Å². The standard InChI is InChI=1S/C15H26O/c1-5-6-7-8-11-12-9-10-15(4,13(11)16)14(12,2)3/h11-12H,5-10H2,1-4H3. The van der Waals surface area contributed by atoms with Crippen molar-refractivity contribution < 1.29 is 4.79 Å².